The van der Waals surface area contributed by atoms with Crippen LogP contribution in [0.5, 0.6) is 0 Å². The van der Waals surface area contributed by atoms with Crippen molar-refractivity contribution in [2.75, 3.05) is 11.9 Å². The lowest BCUT2D eigenvalue weighted by molar-refractivity contribution is 0.585. The molecule has 0 N–H and O–H groups in total. The molecule has 0 spiro atoms. The van der Waals surface area contributed by atoms with Crippen molar-refractivity contribution in [1.29, 1.82) is 0 Å². The van der Waals surface area contributed by atoms with Crippen LogP contribution in [0.2, 0.25) is 0 Å². The van der Waals surface area contributed by atoms with Gasteiger partial charge in [0.25, 0.3) is 0 Å². The van der Waals surface area contributed by atoms with Crippen LogP contribution in [0.15, 0.2) is 60.7 Å². The van der Waals surface area contributed by atoms with Gasteiger partial charge in [-0.1, -0.05) is 83.1 Å². The SMILES string of the molecule is CC(C)c1ccccc1N(C)c1cccc2c1Cc1c-2cccc1C(C)(C)C. The van der Waals surface area contributed by atoms with Crippen molar-refractivity contribution >= 4 is 11.4 Å². The minimum atomic E-state index is 0.156. The molecular formula is C27H31N. The molecule has 0 aliphatic heterocycles. The Morgan fingerprint density at radius 3 is 2.04 bits per heavy atom. The number of rotatable bonds is 3. The zero-order valence-corrected chi connectivity index (χ0v) is 18.0. The minimum absolute atomic E-state index is 0.156. The molecule has 0 saturated carbocycles. The highest BCUT2D eigenvalue weighted by Gasteiger charge is 2.28. The molecular weight excluding hydrogens is 338 g/mol. The molecule has 0 heterocycles. The third-order valence-electron chi connectivity index (χ3n) is 6.06. The van der Waals surface area contributed by atoms with Crippen LogP contribution in [0.1, 0.15) is 62.8 Å². The van der Waals surface area contributed by atoms with E-state index in [0.717, 1.165) is 6.42 Å². The molecule has 1 aliphatic rings. The van der Waals surface area contributed by atoms with Crippen molar-refractivity contribution in [3.05, 3.63) is 82.9 Å². The van der Waals surface area contributed by atoms with Crippen LogP contribution < -0.4 is 4.90 Å². The number of hydrogen-bond acceptors (Lipinski definition) is 1. The third-order valence-corrected chi connectivity index (χ3v) is 6.06. The van der Waals surface area contributed by atoms with Gasteiger partial charge in [0.15, 0.2) is 0 Å². The number of fused-ring (bicyclic) bond motifs is 3. The first-order chi connectivity index (χ1) is 13.3. The molecule has 0 amide bonds. The normalized spacial score (nSPS) is 12.8. The van der Waals surface area contributed by atoms with Gasteiger partial charge in [0.1, 0.15) is 0 Å². The summed E-state index contributed by atoms with van der Waals surface area (Å²) in [6.45, 7) is 11.5. The van der Waals surface area contributed by atoms with Gasteiger partial charge in [-0.05, 0) is 56.8 Å². The fourth-order valence-corrected chi connectivity index (χ4v) is 4.65. The van der Waals surface area contributed by atoms with Crippen LogP contribution in [0, 0.1) is 0 Å². The van der Waals surface area contributed by atoms with Gasteiger partial charge in [-0.2, -0.15) is 0 Å². The van der Waals surface area contributed by atoms with Crippen molar-refractivity contribution in [3.63, 3.8) is 0 Å². The molecule has 144 valence electrons. The molecule has 4 rings (SSSR count). The topological polar surface area (TPSA) is 3.24 Å². The van der Waals surface area contributed by atoms with Gasteiger partial charge in [0.05, 0.1) is 0 Å². The molecule has 3 aromatic carbocycles. The lowest BCUT2D eigenvalue weighted by Crippen LogP contribution is -2.15. The Morgan fingerprint density at radius 1 is 0.750 bits per heavy atom. The first-order valence-corrected chi connectivity index (χ1v) is 10.4. The molecule has 1 heteroatoms. The summed E-state index contributed by atoms with van der Waals surface area (Å²) in [6, 6.07) is 22.4. The molecule has 1 aliphatic carbocycles. The van der Waals surface area contributed by atoms with Crippen LogP contribution in [-0.2, 0) is 11.8 Å². The average molecular weight is 370 g/mol. The molecule has 0 radical (unpaired) electrons. The number of benzene rings is 3. The van der Waals surface area contributed by atoms with E-state index in [1.807, 2.05) is 0 Å². The average Bonchev–Trinajstić information content (AvgIpc) is 3.05. The van der Waals surface area contributed by atoms with Gasteiger partial charge in [-0.25, -0.2) is 0 Å². The number of nitrogens with zero attached hydrogens (tertiary/aromatic N) is 1. The quantitative estimate of drug-likeness (QED) is 0.362. The second-order valence-corrected chi connectivity index (χ2v) is 9.33. The molecule has 1 nitrogen and oxygen atoms in total. The van der Waals surface area contributed by atoms with Gasteiger partial charge in [0.2, 0.25) is 0 Å². The lowest BCUT2D eigenvalue weighted by Gasteiger charge is -2.26. The maximum absolute atomic E-state index is 2.39. The lowest BCUT2D eigenvalue weighted by atomic mass is 9.82. The molecule has 0 saturated heterocycles. The Morgan fingerprint density at radius 2 is 1.36 bits per heavy atom. The Labute approximate surface area is 170 Å². The predicted molar refractivity (Wildman–Crippen MR) is 122 cm³/mol. The minimum Gasteiger partial charge on any atom is -0.344 e. The van der Waals surface area contributed by atoms with E-state index < -0.39 is 0 Å². The van der Waals surface area contributed by atoms with E-state index in [0.29, 0.717) is 5.92 Å². The summed E-state index contributed by atoms with van der Waals surface area (Å²) in [7, 11) is 2.21. The standard InChI is InChI=1S/C27H31N/c1-18(2)19-11-7-8-15-25(19)28(6)26-16-10-13-21-20-12-9-14-24(27(3,4)5)22(20)17-23(21)26/h7-16,18H,17H2,1-6H3. The highest BCUT2D eigenvalue weighted by Crippen LogP contribution is 2.46. The van der Waals surface area contributed by atoms with Gasteiger partial charge < -0.3 is 4.90 Å². The largest absolute Gasteiger partial charge is 0.344 e. The molecule has 0 fully saturated rings. The highest BCUT2D eigenvalue weighted by molar-refractivity contribution is 5.85. The molecule has 0 bridgehead atoms. The van der Waals surface area contributed by atoms with Gasteiger partial charge in [-0.3, -0.25) is 0 Å². The smallest absolute Gasteiger partial charge is 0.0450 e. The molecule has 0 atom stereocenters. The van der Waals surface area contributed by atoms with Crippen LogP contribution in [0.3, 0.4) is 0 Å². The van der Waals surface area contributed by atoms with Crippen molar-refractivity contribution < 1.29 is 0 Å². The highest BCUT2D eigenvalue weighted by atomic mass is 15.1. The Kier molecular flexibility index (Phi) is 4.57. The van der Waals surface area contributed by atoms with E-state index in [9.17, 15) is 0 Å². The molecule has 28 heavy (non-hydrogen) atoms. The first kappa shape index (κ1) is 18.8. The van der Waals surface area contributed by atoms with Crippen LogP contribution in [0.25, 0.3) is 11.1 Å². The number of hydrogen-bond donors (Lipinski definition) is 0. The van der Waals surface area contributed by atoms with Crippen molar-refractivity contribution in [1.82, 2.24) is 0 Å². The summed E-state index contributed by atoms with van der Waals surface area (Å²) in [6.07, 6.45) is 1.02. The summed E-state index contributed by atoms with van der Waals surface area (Å²) >= 11 is 0. The maximum Gasteiger partial charge on any atom is 0.0450 e. The summed E-state index contributed by atoms with van der Waals surface area (Å²) in [5, 5.41) is 0. The third kappa shape index (κ3) is 3.03. The van der Waals surface area contributed by atoms with Gasteiger partial charge in [-0.15, -0.1) is 0 Å². The Bertz CT molecular complexity index is 1020. The van der Waals surface area contributed by atoms with Crippen LogP contribution >= 0.6 is 0 Å². The van der Waals surface area contributed by atoms with Crippen LogP contribution in [-0.4, -0.2) is 7.05 Å². The maximum atomic E-state index is 2.39. The number of anilines is 2. The van der Waals surface area contributed by atoms with Gasteiger partial charge in [0, 0.05) is 24.8 Å². The number of para-hydroxylation sites is 1. The van der Waals surface area contributed by atoms with E-state index >= 15 is 0 Å². The summed E-state index contributed by atoms with van der Waals surface area (Å²) in [5.41, 5.74) is 11.4. The zero-order chi connectivity index (χ0) is 20.1. The van der Waals surface area contributed by atoms with Crippen molar-refractivity contribution in [2.24, 2.45) is 0 Å². The molecule has 0 unspecified atom stereocenters. The Balaban J connectivity index is 1.84. The fraction of sp³-hybridized carbons (Fsp3) is 0.333. The second-order valence-electron chi connectivity index (χ2n) is 9.33. The second kappa shape index (κ2) is 6.81. The van der Waals surface area contributed by atoms with E-state index in [4.69, 9.17) is 0 Å². The summed E-state index contributed by atoms with van der Waals surface area (Å²) in [4.78, 5) is 2.39. The predicted octanol–water partition coefficient (Wildman–Crippen LogP) is 7.45. The van der Waals surface area contributed by atoms with Gasteiger partial charge >= 0.3 is 0 Å². The molecule has 3 aromatic rings. The first-order valence-electron chi connectivity index (χ1n) is 10.4. The van der Waals surface area contributed by atoms with E-state index in [-0.39, 0.29) is 5.41 Å². The van der Waals surface area contributed by atoms with Crippen molar-refractivity contribution in [2.45, 2.75) is 52.4 Å². The zero-order valence-electron chi connectivity index (χ0n) is 18.0. The van der Waals surface area contributed by atoms with E-state index in [2.05, 4.69) is 107 Å². The fourth-order valence-electron chi connectivity index (χ4n) is 4.65. The van der Waals surface area contributed by atoms with Crippen LogP contribution in [0.4, 0.5) is 11.4 Å². The summed E-state index contributed by atoms with van der Waals surface area (Å²) in [5.74, 6) is 0.500. The summed E-state index contributed by atoms with van der Waals surface area (Å²) < 4.78 is 0. The Hall–Kier alpha value is -2.54. The van der Waals surface area contributed by atoms with E-state index in [1.165, 1.54) is 44.8 Å². The van der Waals surface area contributed by atoms with E-state index in [1.54, 1.807) is 0 Å². The monoisotopic (exact) mass is 369 g/mol. The van der Waals surface area contributed by atoms with Crippen molar-refractivity contribution in [3.8, 4) is 11.1 Å². The molecule has 0 aromatic heterocycles.